The smallest absolute Gasteiger partial charge is 0.293 e. The Labute approximate surface area is 103 Å². The average Bonchev–Trinajstić information content (AvgIpc) is 2.24. The lowest BCUT2D eigenvalue weighted by molar-refractivity contribution is -0.384. The van der Waals surface area contributed by atoms with Crippen molar-refractivity contribution in [2.24, 2.45) is 0 Å². The molecule has 1 aliphatic rings. The van der Waals surface area contributed by atoms with Gasteiger partial charge in [-0.05, 0) is 12.1 Å². The Balaban J connectivity index is 2.12. The summed E-state index contributed by atoms with van der Waals surface area (Å²) in [6.07, 6.45) is 0. The zero-order valence-electron chi connectivity index (χ0n) is 8.94. The van der Waals surface area contributed by atoms with Gasteiger partial charge in [-0.2, -0.15) is 0 Å². The van der Waals surface area contributed by atoms with Gasteiger partial charge in [-0.15, -0.1) is 0 Å². The summed E-state index contributed by atoms with van der Waals surface area (Å²) in [7, 11) is 0. The van der Waals surface area contributed by atoms with E-state index >= 15 is 0 Å². The predicted molar refractivity (Wildman–Crippen MR) is 64.4 cm³/mol. The molecule has 1 saturated heterocycles. The molecule has 7 heteroatoms. The van der Waals surface area contributed by atoms with Crippen molar-refractivity contribution in [2.75, 3.05) is 25.0 Å². The molecule has 0 aliphatic carbocycles. The number of nitro groups is 1. The Morgan fingerprint density at radius 2 is 2.29 bits per heavy atom. The Morgan fingerprint density at radius 1 is 1.59 bits per heavy atom. The van der Waals surface area contributed by atoms with Gasteiger partial charge in [0, 0.05) is 30.7 Å². The Bertz CT molecular complexity index is 448. The van der Waals surface area contributed by atoms with Gasteiger partial charge in [-0.3, -0.25) is 10.1 Å². The van der Waals surface area contributed by atoms with E-state index in [2.05, 4.69) is 10.6 Å². The molecule has 2 rings (SSSR count). The molecule has 17 heavy (non-hydrogen) atoms. The summed E-state index contributed by atoms with van der Waals surface area (Å²) >= 11 is 5.70. The fourth-order valence-corrected chi connectivity index (χ4v) is 1.77. The van der Waals surface area contributed by atoms with Crippen LogP contribution in [0.2, 0.25) is 5.02 Å². The fourth-order valence-electron chi connectivity index (χ4n) is 1.60. The summed E-state index contributed by atoms with van der Waals surface area (Å²) < 4.78 is 0. The van der Waals surface area contributed by atoms with E-state index in [9.17, 15) is 15.2 Å². The van der Waals surface area contributed by atoms with Crippen LogP contribution in [-0.2, 0) is 0 Å². The molecule has 1 aliphatic heterocycles. The maximum Gasteiger partial charge on any atom is 0.293 e. The Hall–Kier alpha value is -1.37. The first-order valence-electron chi connectivity index (χ1n) is 5.11. The number of nitro benzene ring substituents is 1. The molecule has 0 spiro atoms. The highest BCUT2D eigenvalue weighted by Gasteiger charge is 2.34. The maximum absolute atomic E-state index is 10.8. The molecule has 0 radical (unpaired) electrons. The van der Waals surface area contributed by atoms with Crippen molar-refractivity contribution in [3.63, 3.8) is 0 Å². The van der Waals surface area contributed by atoms with E-state index in [1.54, 1.807) is 6.07 Å². The zero-order chi connectivity index (χ0) is 12.5. The van der Waals surface area contributed by atoms with Gasteiger partial charge < -0.3 is 15.7 Å². The summed E-state index contributed by atoms with van der Waals surface area (Å²) in [5.74, 6) is 0. The molecule has 0 saturated carbocycles. The summed E-state index contributed by atoms with van der Waals surface area (Å²) in [4.78, 5) is 10.3. The first-order valence-corrected chi connectivity index (χ1v) is 5.49. The van der Waals surface area contributed by atoms with E-state index < -0.39 is 10.5 Å². The topological polar surface area (TPSA) is 87.4 Å². The van der Waals surface area contributed by atoms with Gasteiger partial charge in [-0.1, -0.05) is 11.6 Å². The van der Waals surface area contributed by atoms with Gasteiger partial charge >= 0.3 is 0 Å². The molecular formula is C10H12ClN3O3. The van der Waals surface area contributed by atoms with Crippen molar-refractivity contribution in [3.8, 4) is 0 Å². The minimum absolute atomic E-state index is 0.0895. The second kappa shape index (κ2) is 4.48. The van der Waals surface area contributed by atoms with Gasteiger partial charge in [0.2, 0.25) is 0 Å². The molecule has 0 unspecified atom stereocenters. The van der Waals surface area contributed by atoms with Crippen LogP contribution in [-0.4, -0.2) is 35.3 Å². The van der Waals surface area contributed by atoms with Crippen LogP contribution < -0.4 is 10.6 Å². The standard InChI is InChI=1S/C10H12ClN3O3/c11-7-1-2-8(9(3-7)14(16)17)13-6-10(15)4-12-5-10/h1-3,12-13,15H,4-6H2. The Kier molecular flexibility index (Phi) is 3.19. The number of hydrogen-bond acceptors (Lipinski definition) is 5. The van der Waals surface area contributed by atoms with Crippen LogP contribution in [0.5, 0.6) is 0 Å². The monoisotopic (exact) mass is 257 g/mol. The highest BCUT2D eigenvalue weighted by molar-refractivity contribution is 6.30. The third-order valence-corrected chi connectivity index (χ3v) is 2.91. The molecule has 0 atom stereocenters. The number of rotatable bonds is 4. The van der Waals surface area contributed by atoms with Gasteiger partial charge in [0.25, 0.3) is 5.69 Å². The minimum atomic E-state index is -0.826. The second-order valence-corrected chi connectivity index (χ2v) is 4.54. The van der Waals surface area contributed by atoms with E-state index in [-0.39, 0.29) is 12.2 Å². The number of anilines is 1. The number of halogens is 1. The second-order valence-electron chi connectivity index (χ2n) is 4.10. The van der Waals surface area contributed by atoms with Crippen molar-refractivity contribution in [1.82, 2.24) is 5.32 Å². The van der Waals surface area contributed by atoms with Crippen LogP contribution in [0.25, 0.3) is 0 Å². The number of β-amino-alcohol motifs (C(OH)–C–C–N with tert-alkyl or cyclic N) is 1. The zero-order valence-corrected chi connectivity index (χ0v) is 9.70. The minimum Gasteiger partial charge on any atom is -0.385 e. The molecule has 0 aromatic heterocycles. The van der Waals surface area contributed by atoms with Crippen LogP contribution in [0, 0.1) is 10.1 Å². The van der Waals surface area contributed by atoms with Crippen molar-refractivity contribution in [2.45, 2.75) is 5.60 Å². The van der Waals surface area contributed by atoms with Gasteiger partial charge in [0.1, 0.15) is 11.3 Å². The third-order valence-electron chi connectivity index (χ3n) is 2.67. The first kappa shape index (κ1) is 12.1. The number of benzene rings is 1. The number of aliphatic hydroxyl groups is 1. The van der Waals surface area contributed by atoms with E-state index in [1.165, 1.54) is 12.1 Å². The molecule has 1 fully saturated rings. The largest absolute Gasteiger partial charge is 0.385 e. The highest BCUT2D eigenvalue weighted by atomic mass is 35.5. The highest BCUT2D eigenvalue weighted by Crippen LogP contribution is 2.28. The Morgan fingerprint density at radius 3 is 2.82 bits per heavy atom. The molecule has 3 N–H and O–H groups in total. The summed E-state index contributed by atoms with van der Waals surface area (Å²) in [6.45, 7) is 1.24. The first-order chi connectivity index (χ1) is 8.00. The quantitative estimate of drug-likeness (QED) is 0.553. The van der Waals surface area contributed by atoms with Crippen LogP contribution in [0.1, 0.15) is 0 Å². The molecule has 0 bridgehead atoms. The van der Waals surface area contributed by atoms with Gasteiger partial charge in [-0.25, -0.2) is 0 Å². The van der Waals surface area contributed by atoms with E-state index in [1.807, 2.05) is 0 Å². The lowest BCUT2D eigenvalue weighted by atomic mass is 9.97. The normalized spacial score (nSPS) is 17.3. The lowest BCUT2D eigenvalue weighted by Crippen LogP contribution is -2.63. The number of hydrogen-bond donors (Lipinski definition) is 3. The van der Waals surface area contributed by atoms with Crippen LogP contribution >= 0.6 is 11.6 Å². The van der Waals surface area contributed by atoms with Crippen LogP contribution in [0.15, 0.2) is 18.2 Å². The van der Waals surface area contributed by atoms with Gasteiger partial charge in [0.15, 0.2) is 0 Å². The molecule has 92 valence electrons. The van der Waals surface area contributed by atoms with E-state index in [0.717, 1.165) is 0 Å². The lowest BCUT2D eigenvalue weighted by Gasteiger charge is -2.37. The van der Waals surface area contributed by atoms with E-state index in [0.29, 0.717) is 23.8 Å². The number of nitrogens with zero attached hydrogens (tertiary/aromatic N) is 1. The van der Waals surface area contributed by atoms with Crippen molar-refractivity contribution in [3.05, 3.63) is 33.3 Å². The van der Waals surface area contributed by atoms with Crippen LogP contribution in [0.4, 0.5) is 11.4 Å². The summed E-state index contributed by atoms with van der Waals surface area (Å²) in [5.41, 5.74) is -0.554. The average molecular weight is 258 g/mol. The SMILES string of the molecule is O=[N+]([O-])c1cc(Cl)ccc1NCC1(O)CNC1. The molecule has 6 nitrogen and oxygen atoms in total. The van der Waals surface area contributed by atoms with Crippen molar-refractivity contribution >= 4 is 23.0 Å². The molecule has 1 aromatic carbocycles. The van der Waals surface area contributed by atoms with E-state index in [4.69, 9.17) is 11.6 Å². The maximum atomic E-state index is 10.8. The predicted octanol–water partition coefficient (Wildman–Crippen LogP) is 0.994. The number of nitrogens with one attached hydrogen (secondary N) is 2. The summed E-state index contributed by atoms with van der Waals surface area (Å²) in [5, 5.41) is 26.8. The van der Waals surface area contributed by atoms with Gasteiger partial charge in [0.05, 0.1) is 4.92 Å². The van der Waals surface area contributed by atoms with Crippen molar-refractivity contribution < 1.29 is 10.0 Å². The molecular weight excluding hydrogens is 246 g/mol. The van der Waals surface area contributed by atoms with Crippen molar-refractivity contribution in [1.29, 1.82) is 0 Å². The summed E-state index contributed by atoms with van der Waals surface area (Å²) in [6, 6.07) is 4.39. The molecule has 0 amide bonds. The molecule has 1 heterocycles. The fraction of sp³-hybridized carbons (Fsp3) is 0.400. The van der Waals surface area contributed by atoms with Crippen LogP contribution in [0.3, 0.4) is 0 Å². The third kappa shape index (κ3) is 2.66. The molecule has 1 aromatic rings.